The summed E-state index contributed by atoms with van der Waals surface area (Å²) in [5.74, 6) is -0.398. The van der Waals surface area contributed by atoms with Gasteiger partial charge in [-0.3, -0.25) is 4.90 Å². The van der Waals surface area contributed by atoms with Gasteiger partial charge in [0.1, 0.15) is 0 Å². The number of esters is 1. The summed E-state index contributed by atoms with van der Waals surface area (Å²) in [6, 6.07) is 8.65. The zero-order chi connectivity index (χ0) is 13.1. The average Bonchev–Trinajstić information content (AvgIpc) is 2.40. The van der Waals surface area contributed by atoms with Crippen molar-refractivity contribution in [3.63, 3.8) is 0 Å². The Bertz CT molecular complexity index is 447. The SMILES string of the molecule is CN1CCC(OC(=O)c2ccccc2)N(C)C1=O. The molecule has 1 fully saturated rings. The number of carbonyl (C=O) groups is 2. The first-order valence-corrected chi connectivity index (χ1v) is 5.83. The molecule has 1 atom stereocenters. The molecule has 1 saturated heterocycles. The fraction of sp³-hybridized carbons (Fsp3) is 0.385. The Morgan fingerprint density at radius 2 is 1.94 bits per heavy atom. The first kappa shape index (κ1) is 12.4. The van der Waals surface area contributed by atoms with Gasteiger partial charge in [0.15, 0.2) is 6.23 Å². The van der Waals surface area contributed by atoms with Crippen LogP contribution in [0.2, 0.25) is 0 Å². The van der Waals surface area contributed by atoms with Gasteiger partial charge in [0.2, 0.25) is 0 Å². The second kappa shape index (κ2) is 5.08. The van der Waals surface area contributed by atoms with Crippen LogP contribution in [-0.2, 0) is 4.74 Å². The van der Waals surface area contributed by atoms with Crippen molar-refractivity contribution in [3.8, 4) is 0 Å². The molecule has 2 rings (SSSR count). The van der Waals surface area contributed by atoms with E-state index in [2.05, 4.69) is 0 Å². The molecule has 0 radical (unpaired) electrons. The zero-order valence-electron chi connectivity index (χ0n) is 10.5. The van der Waals surface area contributed by atoms with Gasteiger partial charge in [-0.15, -0.1) is 0 Å². The van der Waals surface area contributed by atoms with E-state index in [0.29, 0.717) is 18.5 Å². The molecule has 0 aliphatic carbocycles. The highest BCUT2D eigenvalue weighted by atomic mass is 16.6. The van der Waals surface area contributed by atoms with E-state index in [9.17, 15) is 9.59 Å². The highest BCUT2D eigenvalue weighted by molar-refractivity contribution is 5.89. The Morgan fingerprint density at radius 1 is 1.28 bits per heavy atom. The van der Waals surface area contributed by atoms with E-state index in [-0.39, 0.29) is 6.03 Å². The van der Waals surface area contributed by atoms with Crippen molar-refractivity contribution in [2.24, 2.45) is 0 Å². The number of ether oxygens (including phenoxy) is 1. The zero-order valence-corrected chi connectivity index (χ0v) is 10.5. The van der Waals surface area contributed by atoms with Gasteiger partial charge < -0.3 is 9.64 Å². The van der Waals surface area contributed by atoms with Crippen LogP contribution in [0.4, 0.5) is 4.79 Å². The van der Waals surface area contributed by atoms with Gasteiger partial charge >= 0.3 is 12.0 Å². The van der Waals surface area contributed by atoms with Gasteiger partial charge in [0, 0.05) is 27.1 Å². The van der Waals surface area contributed by atoms with Crippen LogP contribution in [0.25, 0.3) is 0 Å². The van der Waals surface area contributed by atoms with E-state index in [4.69, 9.17) is 4.74 Å². The van der Waals surface area contributed by atoms with Crippen molar-refractivity contribution >= 4 is 12.0 Å². The van der Waals surface area contributed by atoms with Gasteiger partial charge in [-0.25, -0.2) is 9.59 Å². The maximum Gasteiger partial charge on any atom is 0.340 e. The number of carbonyl (C=O) groups excluding carboxylic acids is 2. The first-order valence-electron chi connectivity index (χ1n) is 5.83. The van der Waals surface area contributed by atoms with Crippen LogP contribution in [0.5, 0.6) is 0 Å². The van der Waals surface area contributed by atoms with Crippen LogP contribution in [0.15, 0.2) is 30.3 Å². The van der Waals surface area contributed by atoms with Crippen LogP contribution in [-0.4, -0.2) is 48.7 Å². The van der Waals surface area contributed by atoms with Crippen LogP contribution in [0, 0.1) is 0 Å². The Kier molecular flexibility index (Phi) is 3.50. The maximum absolute atomic E-state index is 11.9. The molecule has 1 heterocycles. The Balaban J connectivity index is 2.02. The summed E-state index contributed by atoms with van der Waals surface area (Å²) >= 11 is 0. The molecule has 1 aromatic carbocycles. The molecule has 0 saturated carbocycles. The van der Waals surface area contributed by atoms with Gasteiger partial charge in [-0.2, -0.15) is 0 Å². The van der Waals surface area contributed by atoms with Crippen LogP contribution < -0.4 is 0 Å². The normalized spacial score (nSPS) is 19.9. The van der Waals surface area contributed by atoms with E-state index in [1.807, 2.05) is 6.07 Å². The number of benzene rings is 1. The van der Waals surface area contributed by atoms with Gasteiger partial charge in [0.05, 0.1) is 5.56 Å². The summed E-state index contributed by atoms with van der Waals surface area (Å²) < 4.78 is 5.35. The molecule has 1 unspecified atom stereocenters. The lowest BCUT2D eigenvalue weighted by Crippen LogP contribution is -2.52. The number of rotatable bonds is 2. The van der Waals surface area contributed by atoms with Crippen molar-refractivity contribution in [2.45, 2.75) is 12.6 Å². The predicted molar refractivity (Wildman–Crippen MR) is 66.1 cm³/mol. The molecule has 0 N–H and O–H groups in total. The molecule has 0 bridgehead atoms. The van der Waals surface area contributed by atoms with Crippen molar-refractivity contribution in [2.75, 3.05) is 20.6 Å². The summed E-state index contributed by atoms with van der Waals surface area (Å²) in [5, 5.41) is 0. The third-order valence-corrected chi connectivity index (χ3v) is 3.02. The Hall–Kier alpha value is -2.04. The lowest BCUT2D eigenvalue weighted by molar-refractivity contribution is -0.0306. The molecule has 0 aromatic heterocycles. The standard InChI is InChI=1S/C13H16N2O3/c1-14-9-8-11(15(2)13(14)17)18-12(16)10-6-4-3-5-7-10/h3-7,11H,8-9H2,1-2H3. The molecule has 5 nitrogen and oxygen atoms in total. The lowest BCUT2D eigenvalue weighted by atomic mass is 10.2. The van der Waals surface area contributed by atoms with Crippen molar-refractivity contribution < 1.29 is 14.3 Å². The number of amides is 2. The van der Waals surface area contributed by atoms with Crippen molar-refractivity contribution in [1.82, 2.24) is 9.80 Å². The monoisotopic (exact) mass is 248 g/mol. The van der Waals surface area contributed by atoms with Gasteiger partial charge in [0.25, 0.3) is 0 Å². The van der Waals surface area contributed by atoms with Crippen molar-refractivity contribution in [1.29, 1.82) is 0 Å². The number of urea groups is 1. The molecule has 2 amide bonds. The predicted octanol–water partition coefficient (Wildman–Crippen LogP) is 1.56. The van der Waals surface area contributed by atoms with Crippen LogP contribution in [0.3, 0.4) is 0 Å². The summed E-state index contributed by atoms with van der Waals surface area (Å²) in [7, 11) is 3.37. The fourth-order valence-corrected chi connectivity index (χ4v) is 1.89. The second-order valence-corrected chi connectivity index (χ2v) is 4.33. The molecule has 0 spiro atoms. The average molecular weight is 248 g/mol. The highest BCUT2D eigenvalue weighted by Crippen LogP contribution is 2.15. The molecule has 5 heteroatoms. The van der Waals surface area contributed by atoms with E-state index in [1.165, 1.54) is 4.90 Å². The summed E-state index contributed by atoms with van der Waals surface area (Å²) in [6.45, 7) is 0.593. The van der Waals surface area contributed by atoms with E-state index >= 15 is 0 Å². The summed E-state index contributed by atoms with van der Waals surface area (Å²) in [4.78, 5) is 26.6. The third-order valence-electron chi connectivity index (χ3n) is 3.02. The molecule has 1 aliphatic heterocycles. The molecule has 1 aromatic rings. The summed E-state index contributed by atoms with van der Waals surface area (Å²) in [6.07, 6.45) is 0.138. The van der Waals surface area contributed by atoms with E-state index < -0.39 is 12.2 Å². The number of hydrogen-bond acceptors (Lipinski definition) is 3. The second-order valence-electron chi connectivity index (χ2n) is 4.33. The summed E-state index contributed by atoms with van der Waals surface area (Å²) in [5.41, 5.74) is 0.497. The van der Waals surface area contributed by atoms with Gasteiger partial charge in [-0.05, 0) is 12.1 Å². The maximum atomic E-state index is 11.9. The number of nitrogens with zero attached hydrogens (tertiary/aromatic N) is 2. The molecular weight excluding hydrogens is 232 g/mol. The largest absolute Gasteiger partial charge is 0.438 e. The third kappa shape index (κ3) is 2.45. The lowest BCUT2D eigenvalue weighted by Gasteiger charge is -2.36. The van der Waals surface area contributed by atoms with Crippen LogP contribution in [0.1, 0.15) is 16.8 Å². The minimum absolute atomic E-state index is 0.132. The number of hydrogen-bond donors (Lipinski definition) is 0. The quantitative estimate of drug-likeness (QED) is 0.746. The molecule has 1 aliphatic rings. The Labute approximate surface area is 106 Å². The Morgan fingerprint density at radius 3 is 2.61 bits per heavy atom. The van der Waals surface area contributed by atoms with Crippen LogP contribution >= 0.6 is 0 Å². The molecule has 18 heavy (non-hydrogen) atoms. The highest BCUT2D eigenvalue weighted by Gasteiger charge is 2.31. The van der Waals surface area contributed by atoms with Crippen molar-refractivity contribution in [3.05, 3.63) is 35.9 Å². The van der Waals surface area contributed by atoms with Gasteiger partial charge in [-0.1, -0.05) is 18.2 Å². The minimum Gasteiger partial charge on any atom is -0.438 e. The molecule has 96 valence electrons. The van der Waals surface area contributed by atoms with E-state index in [1.54, 1.807) is 43.3 Å². The minimum atomic E-state index is -0.485. The molecular formula is C13H16N2O3. The topological polar surface area (TPSA) is 49.9 Å². The fourth-order valence-electron chi connectivity index (χ4n) is 1.89. The van der Waals surface area contributed by atoms with E-state index in [0.717, 1.165) is 0 Å². The first-order chi connectivity index (χ1) is 8.59. The smallest absolute Gasteiger partial charge is 0.340 e.